The van der Waals surface area contributed by atoms with Crippen molar-refractivity contribution >= 4 is 23.6 Å². The molecule has 154 valence electrons. The van der Waals surface area contributed by atoms with E-state index in [-0.39, 0.29) is 34.8 Å². The molecular weight excluding hydrogens is 402 g/mol. The van der Waals surface area contributed by atoms with Gasteiger partial charge in [-0.3, -0.25) is 14.4 Å². The summed E-state index contributed by atoms with van der Waals surface area (Å²) in [5, 5.41) is 17.9. The third-order valence-electron chi connectivity index (χ3n) is 5.71. The molecule has 0 saturated carbocycles. The number of aromatic nitrogens is 1. The standard InChI is InChI=1S/C22H21N3O4S/c23-8-14-2-1-3-16(6-14)18-4-5-19-17-7-15(10-25(19)22(18)29)9-24(11-17)20(26)12-30-13-21(27)28/h1-6,15,17H,7,9-13H2,(H,27,28)/t15-,17-/m1/s1. The van der Waals surface area contributed by atoms with Gasteiger partial charge in [0.15, 0.2) is 0 Å². The van der Waals surface area contributed by atoms with Crippen molar-refractivity contribution in [1.82, 2.24) is 9.47 Å². The van der Waals surface area contributed by atoms with E-state index in [0.29, 0.717) is 30.8 Å². The lowest BCUT2D eigenvalue weighted by Gasteiger charge is -2.43. The first-order valence-electron chi connectivity index (χ1n) is 9.78. The fourth-order valence-corrected chi connectivity index (χ4v) is 5.08. The molecule has 7 nitrogen and oxygen atoms in total. The molecule has 1 N–H and O–H groups in total. The quantitative estimate of drug-likeness (QED) is 0.790. The van der Waals surface area contributed by atoms with Crippen LogP contribution in [0.25, 0.3) is 11.1 Å². The van der Waals surface area contributed by atoms with Crippen molar-refractivity contribution in [2.45, 2.75) is 18.9 Å². The molecule has 30 heavy (non-hydrogen) atoms. The third-order valence-corrected chi connectivity index (χ3v) is 6.61. The van der Waals surface area contributed by atoms with Crippen molar-refractivity contribution in [3.05, 3.63) is 58.0 Å². The van der Waals surface area contributed by atoms with Gasteiger partial charge < -0.3 is 14.6 Å². The van der Waals surface area contributed by atoms with Gasteiger partial charge in [0.1, 0.15) is 0 Å². The van der Waals surface area contributed by atoms with Gasteiger partial charge in [-0.25, -0.2) is 0 Å². The number of nitrogens with zero attached hydrogens (tertiary/aromatic N) is 3. The number of aliphatic carboxylic acids is 1. The van der Waals surface area contributed by atoms with Crippen LogP contribution >= 0.6 is 11.8 Å². The molecule has 2 aromatic rings. The molecule has 0 spiro atoms. The Morgan fingerprint density at radius 2 is 2.00 bits per heavy atom. The molecule has 2 atom stereocenters. The van der Waals surface area contributed by atoms with E-state index in [1.54, 1.807) is 18.2 Å². The zero-order valence-corrected chi connectivity index (χ0v) is 17.1. The minimum atomic E-state index is -0.923. The van der Waals surface area contributed by atoms with Gasteiger partial charge in [-0.15, -0.1) is 11.8 Å². The molecule has 1 saturated heterocycles. The molecule has 0 unspecified atom stereocenters. The molecule has 2 aliphatic heterocycles. The molecule has 3 heterocycles. The monoisotopic (exact) mass is 423 g/mol. The Bertz CT molecular complexity index is 1100. The number of carboxylic acid groups (broad SMARTS) is 1. The Balaban J connectivity index is 1.57. The second kappa shape index (κ2) is 8.36. The number of amides is 1. The summed E-state index contributed by atoms with van der Waals surface area (Å²) in [6.07, 6.45) is 0.939. The van der Waals surface area contributed by atoms with Crippen LogP contribution in [0.4, 0.5) is 0 Å². The molecule has 1 fully saturated rings. The molecule has 1 aromatic heterocycles. The van der Waals surface area contributed by atoms with E-state index < -0.39 is 5.97 Å². The number of hydrogen-bond donors (Lipinski definition) is 1. The molecule has 2 bridgehead atoms. The summed E-state index contributed by atoms with van der Waals surface area (Å²) >= 11 is 1.11. The van der Waals surface area contributed by atoms with Gasteiger partial charge in [-0.1, -0.05) is 12.1 Å². The van der Waals surface area contributed by atoms with Crippen LogP contribution in [0.3, 0.4) is 0 Å². The number of carbonyl (C=O) groups is 2. The van der Waals surface area contributed by atoms with Gasteiger partial charge in [0.25, 0.3) is 5.56 Å². The Kier molecular flexibility index (Phi) is 5.64. The maximum atomic E-state index is 13.2. The van der Waals surface area contributed by atoms with Crippen molar-refractivity contribution < 1.29 is 14.7 Å². The number of hydrogen-bond acceptors (Lipinski definition) is 5. The highest BCUT2D eigenvalue weighted by Gasteiger charge is 2.36. The van der Waals surface area contributed by atoms with Crippen LogP contribution in [0.15, 0.2) is 41.2 Å². The van der Waals surface area contributed by atoms with E-state index in [2.05, 4.69) is 6.07 Å². The minimum Gasteiger partial charge on any atom is -0.481 e. The van der Waals surface area contributed by atoms with Gasteiger partial charge in [0.05, 0.1) is 23.1 Å². The number of fused-ring (bicyclic) bond motifs is 4. The zero-order valence-electron chi connectivity index (χ0n) is 16.3. The Hall–Kier alpha value is -3.05. The third kappa shape index (κ3) is 3.98. The molecule has 1 aromatic carbocycles. The highest BCUT2D eigenvalue weighted by atomic mass is 32.2. The first-order chi connectivity index (χ1) is 14.5. The van der Waals surface area contributed by atoms with Crippen LogP contribution in [0, 0.1) is 17.2 Å². The van der Waals surface area contributed by atoms with E-state index in [1.807, 2.05) is 27.7 Å². The number of nitriles is 1. The van der Waals surface area contributed by atoms with Crippen LogP contribution in [0.1, 0.15) is 23.6 Å². The summed E-state index contributed by atoms with van der Waals surface area (Å²) in [7, 11) is 0. The number of piperidine rings is 1. The summed E-state index contributed by atoms with van der Waals surface area (Å²) in [5.74, 6) is -0.599. The van der Waals surface area contributed by atoms with Crippen molar-refractivity contribution in [3.63, 3.8) is 0 Å². The van der Waals surface area contributed by atoms with Crippen LogP contribution in [0.2, 0.25) is 0 Å². The summed E-state index contributed by atoms with van der Waals surface area (Å²) in [5.41, 5.74) is 2.70. The van der Waals surface area contributed by atoms with Gasteiger partial charge >= 0.3 is 5.97 Å². The molecule has 0 radical (unpaired) electrons. The SMILES string of the molecule is N#Cc1cccc(-c2ccc3n(c2=O)C[C@@H]2C[C@@H]3CN(C(=O)CSCC(=O)O)C2)c1. The Labute approximate surface area is 177 Å². The number of benzene rings is 1. The number of thioether (sulfide) groups is 1. The van der Waals surface area contributed by atoms with E-state index in [4.69, 9.17) is 10.4 Å². The lowest BCUT2D eigenvalue weighted by Crippen LogP contribution is -2.49. The average Bonchev–Trinajstić information content (AvgIpc) is 2.74. The van der Waals surface area contributed by atoms with Crippen LogP contribution in [-0.4, -0.2) is 51.0 Å². The van der Waals surface area contributed by atoms with E-state index >= 15 is 0 Å². The Morgan fingerprint density at radius 1 is 1.17 bits per heavy atom. The van der Waals surface area contributed by atoms with Gasteiger partial charge in [0.2, 0.25) is 5.91 Å². The lowest BCUT2D eigenvalue weighted by molar-refractivity contribution is -0.133. The maximum Gasteiger partial charge on any atom is 0.313 e. The van der Waals surface area contributed by atoms with Crippen molar-refractivity contribution in [2.75, 3.05) is 24.6 Å². The molecular formula is C22H21N3O4S. The van der Waals surface area contributed by atoms with Crippen LogP contribution in [0.5, 0.6) is 0 Å². The molecule has 0 aliphatic carbocycles. The van der Waals surface area contributed by atoms with Crippen LogP contribution < -0.4 is 5.56 Å². The number of rotatable bonds is 5. The topological polar surface area (TPSA) is 103 Å². The number of likely N-dealkylation sites (tertiary alicyclic amines) is 1. The first-order valence-corrected chi connectivity index (χ1v) is 10.9. The highest BCUT2D eigenvalue weighted by molar-refractivity contribution is 8.00. The van der Waals surface area contributed by atoms with Gasteiger partial charge in [-0.2, -0.15) is 5.26 Å². The molecule has 2 aliphatic rings. The first kappa shape index (κ1) is 20.2. The largest absolute Gasteiger partial charge is 0.481 e. The second-order valence-electron chi connectivity index (χ2n) is 7.76. The van der Waals surface area contributed by atoms with Gasteiger partial charge in [0, 0.05) is 36.8 Å². The molecule has 8 heteroatoms. The van der Waals surface area contributed by atoms with E-state index in [9.17, 15) is 14.4 Å². The molecule has 4 rings (SSSR count). The average molecular weight is 423 g/mol. The summed E-state index contributed by atoms with van der Waals surface area (Å²) in [6.45, 7) is 1.69. The second-order valence-corrected chi connectivity index (χ2v) is 8.75. The fraction of sp³-hybridized carbons (Fsp3) is 0.364. The smallest absolute Gasteiger partial charge is 0.313 e. The lowest BCUT2D eigenvalue weighted by atomic mass is 9.82. The predicted molar refractivity (Wildman–Crippen MR) is 113 cm³/mol. The summed E-state index contributed by atoms with van der Waals surface area (Å²) < 4.78 is 1.83. The van der Waals surface area contributed by atoms with Crippen molar-refractivity contribution in [3.8, 4) is 17.2 Å². The number of pyridine rings is 1. The Morgan fingerprint density at radius 3 is 2.77 bits per heavy atom. The number of carboxylic acids is 1. The maximum absolute atomic E-state index is 13.2. The summed E-state index contributed by atoms with van der Waals surface area (Å²) in [4.78, 5) is 38.2. The minimum absolute atomic E-state index is 0.0447. The summed E-state index contributed by atoms with van der Waals surface area (Å²) in [6, 6.07) is 12.9. The van der Waals surface area contributed by atoms with Gasteiger partial charge in [-0.05, 0) is 42.2 Å². The van der Waals surface area contributed by atoms with E-state index in [0.717, 1.165) is 29.4 Å². The van der Waals surface area contributed by atoms with Crippen LogP contribution in [-0.2, 0) is 16.1 Å². The highest BCUT2D eigenvalue weighted by Crippen LogP contribution is 2.36. The normalized spacial score (nSPS) is 19.6. The number of carbonyl (C=O) groups excluding carboxylic acids is 1. The van der Waals surface area contributed by atoms with Crippen molar-refractivity contribution in [2.24, 2.45) is 5.92 Å². The fourth-order valence-electron chi connectivity index (χ4n) is 4.44. The van der Waals surface area contributed by atoms with E-state index in [1.165, 1.54) is 0 Å². The van der Waals surface area contributed by atoms with Crippen molar-refractivity contribution in [1.29, 1.82) is 5.26 Å². The zero-order chi connectivity index (χ0) is 21.3. The molecule has 1 amide bonds. The predicted octanol–water partition coefficient (Wildman–Crippen LogP) is 2.15.